The summed E-state index contributed by atoms with van der Waals surface area (Å²) in [6.45, 7) is 10.3. The van der Waals surface area contributed by atoms with Crippen LogP contribution in [0.3, 0.4) is 0 Å². The molecule has 0 spiro atoms. The average molecular weight is 803 g/mol. The Morgan fingerprint density at radius 1 is 0.763 bits per heavy atom. The maximum Gasteiger partial charge on any atom is 0.407 e. The van der Waals surface area contributed by atoms with Gasteiger partial charge in [0.05, 0.1) is 44.0 Å². The molecule has 2 bridgehead atoms. The Kier molecular flexibility index (Phi) is 11.8. The number of carbonyl (C=O) groups is 4. The molecule has 7 rings (SSSR count). The number of carbonyl (C=O) groups excluding carboxylic acids is 4. The molecule has 2 saturated heterocycles. The quantitative estimate of drug-likeness (QED) is 0.131. The van der Waals surface area contributed by atoms with Crippen LogP contribution in [0.15, 0.2) is 60.9 Å². The summed E-state index contributed by atoms with van der Waals surface area (Å²) < 4.78 is 9.58. The predicted octanol–water partition coefficient (Wildman–Crippen LogP) is 6.52. The molecule has 3 fully saturated rings. The summed E-state index contributed by atoms with van der Waals surface area (Å²) in [5, 5.41) is 5.45. The van der Waals surface area contributed by atoms with E-state index < -0.39 is 29.8 Å². The number of imidazole rings is 2. The fourth-order valence-corrected chi connectivity index (χ4v) is 9.03. The van der Waals surface area contributed by atoms with Crippen molar-refractivity contribution in [2.75, 3.05) is 20.8 Å². The van der Waals surface area contributed by atoms with Gasteiger partial charge in [0.15, 0.2) is 0 Å². The van der Waals surface area contributed by atoms with Crippen molar-refractivity contribution in [1.29, 1.82) is 0 Å². The van der Waals surface area contributed by atoms with Crippen molar-refractivity contribution in [3.05, 3.63) is 83.7 Å². The summed E-state index contributed by atoms with van der Waals surface area (Å²) in [4.78, 5) is 71.9. The molecule has 4 aromatic rings. The third-order valence-corrected chi connectivity index (χ3v) is 12.3. The zero-order chi connectivity index (χ0) is 42.0. The third kappa shape index (κ3) is 8.15. The van der Waals surface area contributed by atoms with Crippen molar-refractivity contribution in [1.82, 2.24) is 40.4 Å². The molecule has 2 aromatic carbocycles. The lowest BCUT2D eigenvalue weighted by Crippen LogP contribution is -2.59. The maximum atomic E-state index is 14.1. The summed E-state index contributed by atoms with van der Waals surface area (Å²) in [6.07, 6.45) is 6.84. The van der Waals surface area contributed by atoms with Crippen LogP contribution in [0, 0.1) is 29.6 Å². The van der Waals surface area contributed by atoms with Crippen LogP contribution in [0.1, 0.15) is 95.5 Å². The molecule has 14 nitrogen and oxygen atoms in total. The molecule has 4 N–H and O–H groups in total. The standard InChI is InChI=1S/C45H54N8O6/c1-26(2)37(50-43(56)58-6)40(54)52-22-8-9-36(52)39-46-24-34(48-39)30-16-12-28(13-17-30)10-11-29-14-18-31(19-15-29)35-25-47-42(49-35)45(5)32-20-21-33(23-32)53(45)41(55)38(27(3)4)51-44(57)59-7/h12-19,24-27,32-33,36-38H,8-9,20-23H2,1-7H3,(H,46,48)(H,47,49)(H,50,56)(H,51,57)/t32-,33+,36-,37-,38-,45-/m0/s1. The smallest absolute Gasteiger partial charge is 0.407 e. The lowest BCUT2D eigenvalue weighted by Gasteiger charge is -2.45. The molecule has 3 aliphatic rings. The fourth-order valence-electron chi connectivity index (χ4n) is 9.03. The second-order valence-corrected chi connectivity index (χ2v) is 16.7. The molecule has 6 atom stereocenters. The number of H-pyrrole nitrogens is 2. The molecule has 0 unspecified atom stereocenters. The predicted molar refractivity (Wildman–Crippen MR) is 221 cm³/mol. The molecule has 1 aliphatic carbocycles. The Labute approximate surface area is 345 Å². The zero-order valence-electron chi connectivity index (χ0n) is 34.8. The minimum Gasteiger partial charge on any atom is -0.453 e. The van der Waals surface area contributed by atoms with E-state index in [2.05, 4.69) is 44.4 Å². The van der Waals surface area contributed by atoms with Crippen molar-refractivity contribution in [2.24, 2.45) is 17.8 Å². The second-order valence-electron chi connectivity index (χ2n) is 16.7. The average Bonchev–Trinajstić information content (AvgIpc) is 4.09. The first-order valence-corrected chi connectivity index (χ1v) is 20.5. The van der Waals surface area contributed by atoms with Crippen molar-refractivity contribution >= 4 is 24.0 Å². The first kappa shape index (κ1) is 41.1. The van der Waals surface area contributed by atoms with Gasteiger partial charge in [-0.1, -0.05) is 63.8 Å². The van der Waals surface area contributed by atoms with E-state index in [4.69, 9.17) is 14.5 Å². The molecule has 2 aromatic heterocycles. The Morgan fingerprint density at radius 2 is 1.31 bits per heavy atom. The largest absolute Gasteiger partial charge is 0.453 e. The van der Waals surface area contributed by atoms with E-state index in [1.165, 1.54) is 14.2 Å². The molecule has 0 radical (unpaired) electrons. The van der Waals surface area contributed by atoms with E-state index in [1.54, 1.807) is 11.1 Å². The van der Waals surface area contributed by atoms with Gasteiger partial charge < -0.3 is 39.9 Å². The Balaban J connectivity index is 1.01. The molecular weight excluding hydrogens is 749 g/mol. The number of alkyl carbamates (subject to hydrolysis) is 2. The van der Waals surface area contributed by atoms with E-state index in [0.29, 0.717) is 12.4 Å². The van der Waals surface area contributed by atoms with Crippen LogP contribution in [0.2, 0.25) is 0 Å². The summed E-state index contributed by atoms with van der Waals surface area (Å²) in [6, 6.07) is 14.4. The SMILES string of the molecule is COC(=O)N[C@H](C(=O)N1CCC[C@H]1c1ncc(-c2ccc(C#Cc3ccc(-c4cnc([C@]5(C)[C@H]6CC[C@H](C6)N5C(=O)[C@@H](NC(=O)OC)C(C)C)[nH]4)cc3)cc2)[nH]1)C(C)C. The van der Waals surface area contributed by atoms with Gasteiger partial charge >= 0.3 is 12.2 Å². The minimum absolute atomic E-state index is 0.0913. The molecule has 4 heterocycles. The molecule has 1 saturated carbocycles. The first-order valence-electron chi connectivity index (χ1n) is 20.5. The monoisotopic (exact) mass is 802 g/mol. The number of rotatable bonds is 10. The van der Waals surface area contributed by atoms with Gasteiger partial charge in [-0.15, -0.1) is 0 Å². The first-order chi connectivity index (χ1) is 28.3. The number of hydrogen-bond acceptors (Lipinski definition) is 8. The number of methoxy groups -OCH3 is 2. The van der Waals surface area contributed by atoms with Gasteiger partial charge in [0.2, 0.25) is 11.8 Å². The number of hydrogen-bond donors (Lipinski definition) is 4. The van der Waals surface area contributed by atoms with Gasteiger partial charge in [0, 0.05) is 23.7 Å². The number of nitrogens with one attached hydrogen (secondary N) is 4. The minimum atomic E-state index is -0.705. The van der Waals surface area contributed by atoms with Crippen molar-refractivity contribution in [3.63, 3.8) is 0 Å². The number of piperidine rings is 1. The highest BCUT2D eigenvalue weighted by Gasteiger charge is 2.59. The number of nitrogens with zero attached hydrogens (tertiary/aromatic N) is 4. The lowest BCUT2D eigenvalue weighted by molar-refractivity contribution is -0.144. The van der Waals surface area contributed by atoms with Gasteiger partial charge in [-0.25, -0.2) is 19.6 Å². The van der Waals surface area contributed by atoms with Crippen molar-refractivity contribution in [3.8, 4) is 34.4 Å². The van der Waals surface area contributed by atoms with E-state index in [-0.39, 0.29) is 41.7 Å². The lowest BCUT2D eigenvalue weighted by atomic mass is 9.83. The number of amides is 4. The van der Waals surface area contributed by atoms with Crippen molar-refractivity contribution in [2.45, 2.75) is 96.4 Å². The van der Waals surface area contributed by atoms with E-state index >= 15 is 0 Å². The normalized spacial score (nSPS) is 21.9. The molecule has 310 valence electrons. The highest BCUT2D eigenvalue weighted by atomic mass is 16.5. The second kappa shape index (κ2) is 17.0. The van der Waals surface area contributed by atoms with Crippen LogP contribution in [-0.2, 0) is 24.6 Å². The summed E-state index contributed by atoms with van der Waals surface area (Å²) in [5.74, 6) is 7.76. The number of aromatic amines is 2. The molecule has 59 heavy (non-hydrogen) atoms. The zero-order valence-corrected chi connectivity index (χ0v) is 34.8. The summed E-state index contributed by atoms with van der Waals surface area (Å²) >= 11 is 0. The molecular formula is C45H54N8O6. The number of fused-ring (bicyclic) bond motifs is 2. The number of aromatic nitrogens is 4. The van der Waals surface area contributed by atoms with Gasteiger partial charge in [0.1, 0.15) is 29.3 Å². The van der Waals surface area contributed by atoms with Gasteiger partial charge in [-0.05, 0) is 92.2 Å². The van der Waals surface area contributed by atoms with Crippen LogP contribution in [0.25, 0.3) is 22.5 Å². The van der Waals surface area contributed by atoms with Crippen LogP contribution in [-0.4, -0.2) is 92.6 Å². The molecule has 4 amide bonds. The summed E-state index contributed by atoms with van der Waals surface area (Å²) in [5.41, 5.74) is 4.69. The van der Waals surface area contributed by atoms with Crippen LogP contribution >= 0.6 is 0 Å². The van der Waals surface area contributed by atoms with Crippen LogP contribution in [0.4, 0.5) is 9.59 Å². The van der Waals surface area contributed by atoms with E-state index in [0.717, 1.165) is 71.6 Å². The van der Waals surface area contributed by atoms with E-state index in [1.807, 2.05) is 87.3 Å². The Bertz CT molecular complexity index is 2240. The third-order valence-electron chi connectivity index (χ3n) is 12.3. The van der Waals surface area contributed by atoms with Gasteiger partial charge in [0.25, 0.3) is 0 Å². The Hall–Kier alpha value is -6.10. The molecule has 14 heteroatoms. The van der Waals surface area contributed by atoms with Crippen molar-refractivity contribution < 1.29 is 28.7 Å². The number of ether oxygens (including phenoxy) is 2. The topological polar surface area (TPSA) is 175 Å². The van der Waals surface area contributed by atoms with Crippen LogP contribution in [0.5, 0.6) is 0 Å². The fraction of sp³-hybridized carbons (Fsp3) is 0.467. The highest BCUT2D eigenvalue weighted by Crippen LogP contribution is 2.54. The summed E-state index contributed by atoms with van der Waals surface area (Å²) in [7, 11) is 2.59. The van der Waals surface area contributed by atoms with Gasteiger partial charge in [-0.3, -0.25) is 9.59 Å². The molecule has 2 aliphatic heterocycles. The maximum absolute atomic E-state index is 14.1. The van der Waals surface area contributed by atoms with E-state index in [9.17, 15) is 19.2 Å². The highest BCUT2D eigenvalue weighted by molar-refractivity contribution is 5.88. The number of benzene rings is 2. The van der Waals surface area contributed by atoms with Gasteiger partial charge in [-0.2, -0.15) is 0 Å². The van der Waals surface area contributed by atoms with Crippen LogP contribution < -0.4 is 10.6 Å². The number of likely N-dealkylation sites (tertiary alicyclic amines) is 2. The Morgan fingerprint density at radius 3 is 1.86 bits per heavy atom.